The Hall–Kier alpha value is -0.160. The summed E-state index contributed by atoms with van der Waals surface area (Å²) in [6.07, 6.45) is 2.68. The molecule has 0 aromatic heterocycles. The minimum absolute atomic E-state index is 0.317. The van der Waals surface area contributed by atoms with E-state index in [1.165, 1.54) is 32.5 Å². The van der Waals surface area contributed by atoms with Gasteiger partial charge in [0.2, 0.25) is 0 Å². The van der Waals surface area contributed by atoms with Crippen LogP contribution in [0.2, 0.25) is 0 Å². The van der Waals surface area contributed by atoms with Crippen LogP contribution >= 0.6 is 0 Å². The maximum Gasteiger partial charge on any atom is 0.193 e. The summed E-state index contributed by atoms with van der Waals surface area (Å²) in [5.41, 5.74) is 0. The second-order valence-corrected chi connectivity index (χ2v) is 4.70. The first-order chi connectivity index (χ1) is 7.28. The average Bonchev–Trinajstić information content (AvgIpc) is 2.24. The minimum Gasteiger partial charge on any atom is -0.351 e. The molecule has 0 spiro atoms. The van der Waals surface area contributed by atoms with Crippen molar-refractivity contribution in [2.24, 2.45) is 5.92 Å². The van der Waals surface area contributed by atoms with Gasteiger partial charge in [-0.2, -0.15) is 0 Å². The highest BCUT2D eigenvalue weighted by atomic mass is 16.7. The van der Waals surface area contributed by atoms with Crippen molar-refractivity contribution < 1.29 is 9.47 Å². The molecule has 1 N–H and O–H groups in total. The van der Waals surface area contributed by atoms with Crippen molar-refractivity contribution in [3.05, 3.63) is 0 Å². The molecule has 0 amide bonds. The number of methoxy groups -OCH3 is 2. The van der Waals surface area contributed by atoms with Crippen molar-refractivity contribution in [3.8, 4) is 0 Å². The molecule has 2 fully saturated rings. The standard InChI is InChI=1S/C11H22N2O2/c1-14-11(15-2)8-13(9-11)7-10-4-3-5-12-6-10/h10,12H,3-9H2,1-2H3. The Bertz CT molecular complexity index is 193. The van der Waals surface area contributed by atoms with Gasteiger partial charge in [0, 0.05) is 20.8 Å². The Labute approximate surface area is 91.9 Å². The highest BCUT2D eigenvalue weighted by Gasteiger charge is 2.44. The van der Waals surface area contributed by atoms with Crippen LogP contribution in [0.1, 0.15) is 12.8 Å². The fraction of sp³-hybridized carbons (Fsp3) is 1.00. The molecular formula is C11H22N2O2. The normalized spacial score (nSPS) is 31.2. The van der Waals surface area contributed by atoms with E-state index in [0.717, 1.165) is 19.0 Å². The van der Waals surface area contributed by atoms with Gasteiger partial charge in [-0.3, -0.25) is 4.90 Å². The molecule has 4 heteroatoms. The highest BCUT2D eigenvalue weighted by molar-refractivity contribution is 4.90. The molecule has 2 saturated heterocycles. The monoisotopic (exact) mass is 214 g/mol. The van der Waals surface area contributed by atoms with Gasteiger partial charge in [-0.05, 0) is 31.8 Å². The molecular weight excluding hydrogens is 192 g/mol. The maximum atomic E-state index is 5.36. The first-order valence-electron chi connectivity index (χ1n) is 5.81. The van der Waals surface area contributed by atoms with Gasteiger partial charge in [-0.15, -0.1) is 0 Å². The van der Waals surface area contributed by atoms with Gasteiger partial charge < -0.3 is 14.8 Å². The lowest BCUT2D eigenvalue weighted by atomic mass is 9.96. The van der Waals surface area contributed by atoms with E-state index in [0.29, 0.717) is 0 Å². The van der Waals surface area contributed by atoms with E-state index in [1.54, 1.807) is 14.2 Å². The Morgan fingerprint density at radius 2 is 2.07 bits per heavy atom. The van der Waals surface area contributed by atoms with E-state index >= 15 is 0 Å². The molecule has 0 radical (unpaired) electrons. The van der Waals surface area contributed by atoms with Crippen LogP contribution in [0.3, 0.4) is 0 Å². The molecule has 88 valence electrons. The largest absolute Gasteiger partial charge is 0.351 e. The van der Waals surface area contributed by atoms with E-state index in [4.69, 9.17) is 9.47 Å². The van der Waals surface area contributed by atoms with Crippen LogP contribution in [-0.2, 0) is 9.47 Å². The third-order valence-electron chi connectivity index (χ3n) is 3.59. The summed E-state index contributed by atoms with van der Waals surface area (Å²) >= 11 is 0. The second kappa shape index (κ2) is 4.78. The lowest BCUT2D eigenvalue weighted by molar-refractivity contribution is -0.276. The first kappa shape index (κ1) is 11.3. The molecule has 2 aliphatic heterocycles. The lowest BCUT2D eigenvalue weighted by Gasteiger charge is -2.48. The Morgan fingerprint density at radius 3 is 2.60 bits per heavy atom. The number of piperidine rings is 1. The van der Waals surface area contributed by atoms with Gasteiger partial charge in [0.25, 0.3) is 0 Å². The zero-order valence-corrected chi connectivity index (χ0v) is 9.79. The smallest absolute Gasteiger partial charge is 0.193 e. The summed E-state index contributed by atoms with van der Waals surface area (Å²) in [5.74, 6) is 0.493. The van der Waals surface area contributed by atoms with Gasteiger partial charge >= 0.3 is 0 Å². The van der Waals surface area contributed by atoms with Crippen LogP contribution < -0.4 is 5.32 Å². The molecule has 4 nitrogen and oxygen atoms in total. The van der Waals surface area contributed by atoms with E-state index < -0.39 is 0 Å². The molecule has 15 heavy (non-hydrogen) atoms. The van der Waals surface area contributed by atoms with Crippen molar-refractivity contribution in [3.63, 3.8) is 0 Å². The third-order valence-corrected chi connectivity index (χ3v) is 3.59. The Kier molecular flexibility index (Phi) is 3.61. The molecule has 2 heterocycles. The van der Waals surface area contributed by atoms with E-state index in [-0.39, 0.29) is 5.79 Å². The zero-order valence-electron chi connectivity index (χ0n) is 9.79. The number of nitrogens with zero attached hydrogens (tertiary/aromatic N) is 1. The van der Waals surface area contributed by atoms with Gasteiger partial charge in [-0.1, -0.05) is 0 Å². The predicted octanol–water partition coefficient (Wildman–Crippen LogP) is 0.291. The minimum atomic E-state index is -0.317. The molecule has 0 bridgehead atoms. The van der Waals surface area contributed by atoms with Gasteiger partial charge in [-0.25, -0.2) is 0 Å². The topological polar surface area (TPSA) is 33.7 Å². The molecule has 0 aromatic carbocycles. The number of hydrogen-bond acceptors (Lipinski definition) is 4. The zero-order chi connectivity index (χ0) is 10.7. The van der Waals surface area contributed by atoms with Crippen LogP contribution in [-0.4, -0.2) is 57.6 Å². The van der Waals surface area contributed by atoms with Crippen LogP contribution in [0, 0.1) is 5.92 Å². The molecule has 0 aliphatic carbocycles. The Balaban J connectivity index is 1.70. The van der Waals surface area contributed by atoms with Gasteiger partial charge in [0.15, 0.2) is 5.79 Å². The van der Waals surface area contributed by atoms with E-state index in [1.807, 2.05) is 0 Å². The molecule has 1 atom stereocenters. The molecule has 1 unspecified atom stereocenters. The van der Waals surface area contributed by atoms with Crippen LogP contribution in [0.25, 0.3) is 0 Å². The number of rotatable bonds is 4. The summed E-state index contributed by atoms with van der Waals surface area (Å²) in [6, 6.07) is 0. The quantitative estimate of drug-likeness (QED) is 0.682. The van der Waals surface area contributed by atoms with Crippen molar-refractivity contribution in [2.75, 3.05) is 46.9 Å². The van der Waals surface area contributed by atoms with E-state index in [2.05, 4.69) is 10.2 Å². The average molecular weight is 214 g/mol. The lowest BCUT2D eigenvalue weighted by Crippen LogP contribution is -2.64. The number of ether oxygens (including phenoxy) is 2. The van der Waals surface area contributed by atoms with Crippen LogP contribution in [0.4, 0.5) is 0 Å². The fourth-order valence-corrected chi connectivity index (χ4v) is 2.55. The van der Waals surface area contributed by atoms with Crippen molar-refractivity contribution >= 4 is 0 Å². The maximum absolute atomic E-state index is 5.36. The highest BCUT2D eigenvalue weighted by Crippen LogP contribution is 2.26. The van der Waals surface area contributed by atoms with E-state index in [9.17, 15) is 0 Å². The molecule has 0 saturated carbocycles. The van der Waals surface area contributed by atoms with Crippen LogP contribution in [0.15, 0.2) is 0 Å². The van der Waals surface area contributed by atoms with Crippen LogP contribution in [0.5, 0.6) is 0 Å². The van der Waals surface area contributed by atoms with Crippen molar-refractivity contribution in [1.82, 2.24) is 10.2 Å². The summed E-state index contributed by atoms with van der Waals surface area (Å²) in [5, 5.41) is 3.45. The van der Waals surface area contributed by atoms with Gasteiger partial charge in [0.05, 0.1) is 13.1 Å². The SMILES string of the molecule is COC1(OC)CN(CC2CCCNC2)C1. The molecule has 2 rings (SSSR count). The fourth-order valence-electron chi connectivity index (χ4n) is 2.55. The summed E-state index contributed by atoms with van der Waals surface area (Å²) < 4.78 is 10.7. The number of hydrogen-bond donors (Lipinski definition) is 1. The second-order valence-electron chi connectivity index (χ2n) is 4.70. The first-order valence-corrected chi connectivity index (χ1v) is 5.81. The molecule has 2 aliphatic rings. The van der Waals surface area contributed by atoms with Crippen molar-refractivity contribution in [1.29, 1.82) is 0 Å². The van der Waals surface area contributed by atoms with Crippen molar-refractivity contribution in [2.45, 2.75) is 18.6 Å². The summed E-state index contributed by atoms with van der Waals surface area (Å²) in [7, 11) is 3.45. The number of nitrogens with one attached hydrogen (secondary N) is 1. The summed E-state index contributed by atoms with van der Waals surface area (Å²) in [4.78, 5) is 2.42. The predicted molar refractivity (Wildman–Crippen MR) is 58.8 cm³/mol. The van der Waals surface area contributed by atoms with Gasteiger partial charge in [0.1, 0.15) is 0 Å². The molecule has 0 aromatic rings. The summed E-state index contributed by atoms with van der Waals surface area (Å²) in [6.45, 7) is 5.37. The number of likely N-dealkylation sites (tertiary alicyclic amines) is 1. The third kappa shape index (κ3) is 2.50. The Morgan fingerprint density at radius 1 is 1.33 bits per heavy atom.